The number of carbonyl (C=O) groups is 2. The number of benzene rings is 1. The van der Waals surface area contributed by atoms with Gasteiger partial charge < -0.3 is 0 Å². The standard InChI is InChI=1S/C19H18BrNO2/c1-3-10(2)15-13-8-9-14(15)17-16(13)18(22)21(19(17)23)12-6-4-11(20)5-7-12/h4-9,13-14,16-17H,3H2,1-2H3/t13-,14-,16-,17-/m1/s1. The smallest absolute Gasteiger partial charge is 0.238 e. The molecule has 4 rings (SSSR count). The van der Waals surface area contributed by atoms with Crippen LogP contribution in [0.2, 0.25) is 0 Å². The van der Waals surface area contributed by atoms with Crippen molar-refractivity contribution in [1.82, 2.24) is 0 Å². The fourth-order valence-electron chi connectivity index (χ4n) is 4.38. The van der Waals surface area contributed by atoms with E-state index in [1.54, 1.807) is 0 Å². The molecular formula is C19H18BrNO2. The lowest BCUT2D eigenvalue weighted by Gasteiger charge is -2.19. The molecule has 1 aromatic rings. The van der Waals surface area contributed by atoms with Gasteiger partial charge in [0, 0.05) is 16.3 Å². The molecule has 2 bridgehead atoms. The summed E-state index contributed by atoms with van der Waals surface area (Å²) in [7, 11) is 0. The first kappa shape index (κ1) is 14.9. The zero-order valence-electron chi connectivity index (χ0n) is 13.1. The summed E-state index contributed by atoms with van der Waals surface area (Å²) < 4.78 is 0.936. The van der Waals surface area contributed by atoms with Crippen molar-refractivity contribution >= 4 is 33.4 Å². The van der Waals surface area contributed by atoms with Crippen LogP contribution < -0.4 is 4.90 Å². The Balaban J connectivity index is 1.74. The molecule has 2 amide bonds. The average Bonchev–Trinajstić information content (AvgIpc) is 3.18. The summed E-state index contributed by atoms with van der Waals surface area (Å²) in [6.07, 6.45) is 5.25. The zero-order chi connectivity index (χ0) is 16.3. The fourth-order valence-corrected chi connectivity index (χ4v) is 4.65. The first-order valence-electron chi connectivity index (χ1n) is 8.05. The molecule has 4 heteroatoms. The molecule has 3 nitrogen and oxygen atoms in total. The second kappa shape index (κ2) is 5.17. The molecule has 0 unspecified atom stereocenters. The van der Waals surface area contributed by atoms with E-state index >= 15 is 0 Å². The van der Waals surface area contributed by atoms with E-state index in [1.807, 2.05) is 24.3 Å². The van der Waals surface area contributed by atoms with Crippen LogP contribution in [0.25, 0.3) is 0 Å². The molecule has 0 N–H and O–H groups in total. The molecular weight excluding hydrogens is 354 g/mol. The minimum Gasteiger partial charge on any atom is -0.274 e. The molecule has 3 aliphatic rings. The molecule has 1 heterocycles. The second-order valence-corrected chi connectivity index (χ2v) is 7.48. The highest BCUT2D eigenvalue weighted by Gasteiger charge is 2.61. The molecule has 0 radical (unpaired) electrons. The monoisotopic (exact) mass is 371 g/mol. The Labute approximate surface area is 144 Å². The molecule has 1 saturated heterocycles. The highest BCUT2D eigenvalue weighted by atomic mass is 79.9. The number of allylic oxidation sites excluding steroid dienone is 4. The van der Waals surface area contributed by atoms with Crippen LogP contribution in [0.15, 0.2) is 52.0 Å². The normalized spacial score (nSPS) is 31.3. The van der Waals surface area contributed by atoms with E-state index in [2.05, 4.69) is 41.9 Å². The topological polar surface area (TPSA) is 37.4 Å². The number of nitrogens with zero attached hydrogens (tertiary/aromatic N) is 1. The zero-order valence-corrected chi connectivity index (χ0v) is 14.7. The molecule has 2 aliphatic carbocycles. The van der Waals surface area contributed by atoms with Crippen LogP contribution in [0.3, 0.4) is 0 Å². The van der Waals surface area contributed by atoms with E-state index in [-0.39, 0.29) is 35.5 Å². The van der Waals surface area contributed by atoms with Gasteiger partial charge in [0.05, 0.1) is 17.5 Å². The molecule has 23 heavy (non-hydrogen) atoms. The first-order chi connectivity index (χ1) is 11.0. The summed E-state index contributed by atoms with van der Waals surface area (Å²) in [5.41, 5.74) is 3.32. The van der Waals surface area contributed by atoms with Gasteiger partial charge in [0.25, 0.3) is 0 Å². The molecule has 0 spiro atoms. The van der Waals surface area contributed by atoms with Gasteiger partial charge in [-0.25, -0.2) is 4.90 Å². The Hall–Kier alpha value is -1.68. The van der Waals surface area contributed by atoms with E-state index in [0.717, 1.165) is 10.9 Å². The Morgan fingerprint density at radius 3 is 2.04 bits per heavy atom. The van der Waals surface area contributed by atoms with Crippen LogP contribution in [-0.2, 0) is 9.59 Å². The summed E-state index contributed by atoms with van der Waals surface area (Å²) in [6, 6.07) is 7.38. The summed E-state index contributed by atoms with van der Waals surface area (Å²) >= 11 is 3.39. The van der Waals surface area contributed by atoms with E-state index in [1.165, 1.54) is 16.0 Å². The number of fused-ring (bicyclic) bond motifs is 5. The molecule has 118 valence electrons. The number of imide groups is 1. The average molecular weight is 372 g/mol. The number of amides is 2. The van der Waals surface area contributed by atoms with Gasteiger partial charge in [-0.05, 0) is 37.6 Å². The van der Waals surface area contributed by atoms with Gasteiger partial charge in [-0.2, -0.15) is 0 Å². The predicted molar refractivity (Wildman–Crippen MR) is 92.7 cm³/mol. The molecule has 1 aromatic carbocycles. The van der Waals surface area contributed by atoms with Crippen molar-refractivity contribution in [3.63, 3.8) is 0 Å². The van der Waals surface area contributed by atoms with Crippen molar-refractivity contribution in [2.24, 2.45) is 23.7 Å². The van der Waals surface area contributed by atoms with Crippen LogP contribution >= 0.6 is 15.9 Å². The predicted octanol–water partition coefficient (Wildman–Crippen LogP) is 4.10. The minimum atomic E-state index is -0.211. The van der Waals surface area contributed by atoms with Crippen molar-refractivity contribution < 1.29 is 9.59 Å². The van der Waals surface area contributed by atoms with Crippen LogP contribution in [0, 0.1) is 23.7 Å². The van der Waals surface area contributed by atoms with Crippen molar-refractivity contribution in [3.05, 3.63) is 52.0 Å². The maximum absolute atomic E-state index is 13.0. The number of anilines is 1. The number of hydrogen-bond acceptors (Lipinski definition) is 2. The van der Waals surface area contributed by atoms with Gasteiger partial charge in [-0.1, -0.05) is 46.2 Å². The number of carbonyl (C=O) groups excluding carboxylic acids is 2. The van der Waals surface area contributed by atoms with Crippen molar-refractivity contribution in [3.8, 4) is 0 Å². The van der Waals surface area contributed by atoms with Crippen molar-refractivity contribution in [2.75, 3.05) is 4.90 Å². The molecule has 0 aromatic heterocycles. The van der Waals surface area contributed by atoms with E-state index in [9.17, 15) is 9.59 Å². The highest BCUT2D eigenvalue weighted by molar-refractivity contribution is 9.10. The number of halogens is 1. The largest absolute Gasteiger partial charge is 0.274 e. The number of rotatable bonds is 2. The Bertz CT molecular complexity index is 728. The van der Waals surface area contributed by atoms with Gasteiger partial charge in [0.1, 0.15) is 0 Å². The summed E-state index contributed by atoms with van der Waals surface area (Å²) in [6.45, 7) is 4.26. The molecule has 1 saturated carbocycles. The maximum Gasteiger partial charge on any atom is 0.238 e. The van der Waals surface area contributed by atoms with Crippen LogP contribution in [0.1, 0.15) is 20.3 Å². The lowest BCUT2D eigenvalue weighted by molar-refractivity contribution is -0.122. The third kappa shape index (κ3) is 1.94. The Morgan fingerprint density at radius 2 is 1.57 bits per heavy atom. The van der Waals surface area contributed by atoms with Crippen LogP contribution in [0.4, 0.5) is 5.69 Å². The molecule has 1 aliphatic heterocycles. The minimum absolute atomic E-state index is 0.0411. The fraction of sp³-hybridized carbons (Fsp3) is 0.368. The molecule has 2 fully saturated rings. The summed E-state index contributed by atoms with van der Waals surface area (Å²) in [4.78, 5) is 27.3. The molecule has 4 atom stereocenters. The van der Waals surface area contributed by atoms with E-state index in [0.29, 0.717) is 5.69 Å². The van der Waals surface area contributed by atoms with E-state index in [4.69, 9.17) is 0 Å². The quantitative estimate of drug-likeness (QED) is 0.579. The van der Waals surface area contributed by atoms with Gasteiger partial charge in [0.2, 0.25) is 11.8 Å². The maximum atomic E-state index is 13.0. The Morgan fingerprint density at radius 1 is 1.04 bits per heavy atom. The summed E-state index contributed by atoms with van der Waals surface area (Å²) in [5.74, 6) is -0.278. The lowest BCUT2D eigenvalue weighted by Crippen LogP contribution is -2.33. The number of hydrogen-bond donors (Lipinski definition) is 0. The SMILES string of the molecule is CCC(C)=C1[C@H]2C=C[C@H]1[C@H]1C(=O)N(c3ccc(Br)cc3)C(=O)[C@@H]12. The van der Waals surface area contributed by atoms with Gasteiger partial charge in [-0.15, -0.1) is 0 Å². The lowest BCUT2D eigenvalue weighted by atomic mass is 9.85. The Kier molecular flexibility index (Phi) is 3.34. The van der Waals surface area contributed by atoms with Crippen molar-refractivity contribution in [1.29, 1.82) is 0 Å². The van der Waals surface area contributed by atoms with Gasteiger partial charge in [-0.3, -0.25) is 9.59 Å². The third-order valence-electron chi connectivity index (χ3n) is 5.52. The summed E-state index contributed by atoms with van der Waals surface area (Å²) in [5, 5.41) is 0. The third-order valence-corrected chi connectivity index (χ3v) is 6.05. The van der Waals surface area contributed by atoms with E-state index < -0.39 is 0 Å². The van der Waals surface area contributed by atoms with Crippen molar-refractivity contribution in [2.45, 2.75) is 20.3 Å². The van der Waals surface area contributed by atoms with Gasteiger partial charge >= 0.3 is 0 Å². The first-order valence-corrected chi connectivity index (χ1v) is 8.85. The highest BCUT2D eigenvalue weighted by Crippen LogP contribution is 2.57. The van der Waals surface area contributed by atoms with Crippen LogP contribution in [-0.4, -0.2) is 11.8 Å². The van der Waals surface area contributed by atoms with Crippen LogP contribution in [0.5, 0.6) is 0 Å². The second-order valence-electron chi connectivity index (χ2n) is 6.57. The van der Waals surface area contributed by atoms with Gasteiger partial charge in [0.15, 0.2) is 0 Å².